The molecule has 1 heterocycles. The van der Waals surface area contributed by atoms with Gasteiger partial charge < -0.3 is 25.2 Å². The summed E-state index contributed by atoms with van der Waals surface area (Å²) in [5.41, 5.74) is 2.14. The van der Waals surface area contributed by atoms with Crippen LogP contribution >= 0.6 is 11.3 Å². The molecular weight excluding hydrogens is 430 g/mol. The van der Waals surface area contributed by atoms with Gasteiger partial charge in [-0.05, 0) is 33.2 Å². The number of nitrogens with zero attached hydrogens (tertiary/aromatic N) is 3. The van der Waals surface area contributed by atoms with Crippen LogP contribution in [0.15, 0.2) is 29.6 Å². The molecule has 0 saturated heterocycles. The van der Waals surface area contributed by atoms with Crippen molar-refractivity contribution in [2.45, 2.75) is 13.3 Å². The van der Waals surface area contributed by atoms with Crippen molar-refractivity contribution in [3.05, 3.63) is 46.5 Å². The maximum Gasteiger partial charge on any atom is 0.254 e. The minimum Gasteiger partial charge on any atom is -0.383 e. The van der Waals surface area contributed by atoms with Crippen LogP contribution in [0.25, 0.3) is 0 Å². The number of aryl methyl sites for hydroxylation is 1. The lowest BCUT2D eigenvalue weighted by atomic mass is 10.1. The topological polar surface area (TPSA) is 104 Å². The van der Waals surface area contributed by atoms with Crippen LogP contribution in [-0.4, -0.2) is 86.5 Å². The number of anilines is 1. The van der Waals surface area contributed by atoms with Crippen LogP contribution in [0.5, 0.6) is 0 Å². The number of nitrogens with one attached hydrogen (secondary N) is 2. The molecule has 174 valence electrons. The van der Waals surface area contributed by atoms with Crippen LogP contribution in [0.3, 0.4) is 0 Å². The predicted octanol–water partition coefficient (Wildman–Crippen LogP) is 1.40. The maximum atomic E-state index is 12.8. The molecule has 2 aromatic rings. The van der Waals surface area contributed by atoms with E-state index in [-0.39, 0.29) is 37.2 Å². The minimum absolute atomic E-state index is 0.121. The van der Waals surface area contributed by atoms with Gasteiger partial charge in [0.25, 0.3) is 5.91 Å². The first-order valence-corrected chi connectivity index (χ1v) is 11.2. The summed E-state index contributed by atoms with van der Waals surface area (Å²) in [5, 5.41) is 7.67. The first-order valence-electron chi connectivity index (χ1n) is 10.3. The van der Waals surface area contributed by atoms with Gasteiger partial charge >= 0.3 is 0 Å². The van der Waals surface area contributed by atoms with Gasteiger partial charge in [-0.3, -0.25) is 14.4 Å². The fourth-order valence-corrected chi connectivity index (χ4v) is 3.48. The first kappa shape index (κ1) is 25.4. The fourth-order valence-electron chi connectivity index (χ4n) is 2.76. The molecule has 3 amide bonds. The Morgan fingerprint density at radius 3 is 2.47 bits per heavy atom. The van der Waals surface area contributed by atoms with Crippen molar-refractivity contribution in [1.82, 2.24) is 20.1 Å². The van der Waals surface area contributed by atoms with Gasteiger partial charge in [0.2, 0.25) is 11.8 Å². The highest BCUT2D eigenvalue weighted by atomic mass is 32.1. The van der Waals surface area contributed by atoms with Crippen LogP contribution in [-0.2, 0) is 20.7 Å². The number of methoxy groups -OCH3 is 1. The number of aromatic nitrogens is 1. The fraction of sp³-hybridized carbons (Fsp3) is 0.455. The number of hydrogen-bond donors (Lipinski definition) is 2. The molecule has 0 aliphatic rings. The van der Waals surface area contributed by atoms with Crippen molar-refractivity contribution in [1.29, 1.82) is 0 Å². The Balaban J connectivity index is 1.91. The molecule has 9 nitrogen and oxygen atoms in total. The zero-order valence-electron chi connectivity index (χ0n) is 19.0. The second-order valence-corrected chi connectivity index (χ2v) is 8.47. The summed E-state index contributed by atoms with van der Waals surface area (Å²) in [6, 6.07) is 7.20. The van der Waals surface area contributed by atoms with Crippen molar-refractivity contribution < 1.29 is 19.1 Å². The van der Waals surface area contributed by atoms with E-state index in [1.807, 2.05) is 38.1 Å². The van der Waals surface area contributed by atoms with E-state index in [1.54, 1.807) is 24.6 Å². The highest BCUT2D eigenvalue weighted by Gasteiger charge is 2.19. The van der Waals surface area contributed by atoms with Gasteiger partial charge in [-0.2, -0.15) is 0 Å². The third kappa shape index (κ3) is 8.74. The van der Waals surface area contributed by atoms with Gasteiger partial charge in [-0.15, -0.1) is 11.3 Å². The molecule has 1 aromatic carbocycles. The number of hydrogen-bond acceptors (Lipinski definition) is 7. The van der Waals surface area contributed by atoms with Gasteiger partial charge in [0.1, 0.15) is 6.54 Å². The van der Waals surface area contributed by atoms with Gasteiger partial charge in [0.05, 0.1) is 18.7 Å². The van der Waals surface area contributed by atoms with Crippen molar-refractivity contribution in [2.75, 3.05) is 59.3 Å². The van der Waals surface area contributed by atoms with Gasteiger partial charge in [-0.25, -0.2) is 4.98 Å². The monoisotopic (exact) mass is 461 g/mol. The smallest absolute Gasteiger partial charge is 0.254 e. The molecule has 0 saturated carbocycles. The number of thiazole rings is 1. The lowest BCUT2D eigenvalue weighted by Gasteiger charge is -2.21. The molecule has 0 unspecified atom stereocenters. The van der Waals surface area contributed by atoms with Crippen LogP contribution in [0.2, 0.25) is 0 Å². The van der Waals surface area contributed by atoms with Gasteiger partial charge in [0.15, 0.2) is 5.13 Å². The predicted molar refractivity (Wildman–Crippen MR) is 125 cm³/mol. The summed E-state index contributed by atoms with van der Waals surface area (Å²) in [4.78, 5) is 45.1. The van der Waals surface area contributed by atoms with Crippen LogP contribution in [0, 0.1) is 6.92 Å². The average molecular weight is 462 g/mol. The minimum atomic E-state index is -0.363. The number of amides is 3. The molecule has 10 heteroatoms. The van der Waals surface area contributed by atoms with E-state index in [2.05, 4.69) is 15.6 Å². The summed E-state index contributed by atoms with van der Waals surface area (Å²) in [7, 11) is 5.42. The first-order chi connectivity index (χ1) is 15.3. The molecule has 2 rings (SSSR count). The summed E-state index contributed by atoms with van der Waals surface area (Å²) in [6.07, 6.45) is 0.145. The van der Waals surface area contributed by atoms with Gasteiger partial charge in [-0.1, -0.05) is 17.7 Å². The standard InChI is InChI=1S/C22H31N5O4S/c1-16-5-7-17(8-6-16)21(30)27(11-12-31-4)14-20(29)25-22-24-18(15-32-22)13-19(28)23-9-10-26(2)3/h5-8,15H,9-14H2,1-4H3,(H,23,28)(H,24,25,29). The van der Waals surface area contributed by atoms with E-state index < -0.39 is 0 Å². The largest absolute Gasteiger partial charge is 0.383 e. The summed E-state index contributed by atoms with van der Waals surface area (Å²) < 4.78 is 5.08. The maximum absolute atomic E-state index is 12.8. The molecule has 0 aliphatic heterocycles. The van der Waals surface area contributed by atoms with E-state index >= 15 is 0 Å². The Kier molecular flexibility index (Phi) is 10.3. The molecule has 0 atom stereocenters. The molecule has 1 aromatic heterocycles. The Bertz CT molecular complexity index is 898. The highest BCUT2D eigenvalue weighted by Crippen LogP contribution is 2.16. The van der Waals surface area contributed by atoms with Crippen LogP contribution in [0.4, 0.5) is 5.13 Å². The third-order valence-electron chi connectivity index (χ3n) is 4.51. The summed E-state index contributed by atoms with van der Waals surface area (Å²) >= 11 is 1.24. The molecule has 0 radical (unpaired) electrons. The second kappa shape index (κ2) is 12.9. The molecular formula is C22H31N5O4S. The lowest BCUT2D eigenvalue weighted by Crippen LogP contribution is -2.40. The van der Waals surface area contributed by atoms with Crippen LogP contribution < -0.4 is 10.6 Å². The number of rotatable bonds is 12. The molecule has 0 spiro atoms. The van der Waals surface area contributed by atoms with Crippen LogP contribution in [0.1, 0.15) is 21.6 Å². The lowest BCUT2D eigenvalue weighted by molar-refractivity contribution is -0.120. The number of likely N-dealkylation sites (N-methyl/N-ethyl adjacent to an activating group) is 1. The highest BCUT2D eigenvalue weighted by molar-refractivity contribution is 7.13. The van der Waals surface area contributed by atoms with Crippen molar-refractivity contribution >= 4 is 34.2 Å². The average Bonchev–Trinajstić information content (AvgIpc) is 3.17. The number of carbonyl (C=O) groups is 3. The number of carbonyl (C=O) groups excluding carboxylic acids is 3. The Morgan fingerprint density at radius 2 is 1.81 bits per heavy atom. The number of ether oxygens (including phenoxy) is 1. The summed E-state index contributed by atoms with van der Waals surface area (Å²) in [5.74, 6) is -0.728. The molecule has 32 heavy (non-hydrogen) atoms. The van der Waals surface area contributed by atoms with E-state index in [0.29, 0.717) is 29.5 Å². The van der Waals surface area contributed by atoms with Crippen molar-refractivity contribution in [3.63, 3.8) is 0 Å². The normalized spacial score (nSPS) is 10.8. The Labute approximate surface area is 192 Å². The SMILES string of the molecule is COCCN(CC(=O)Nc1nc(CC(=O)NCCN(C)C)cs1)C(=O)c1ccc(C)cc1. The molecule has 0 fully saturated rings. The van der Waals surface area contributed by atoms with E-state index in [9.17, 15) is 14.4 Å². The Hall–Kier alpha value is -2.82. The zero-order valence-corrected chi connectivity index (χ0v) is 19.8. The van der Waals surface area contributed by atoms with E-state index in [0.717, 1.165) is 12.1 Å². The second-order valence-electron chi connectivity index (χ2n) is 7.61. The molecule has 0 aliphatic carbocycles. The molecule has 2 N–H and O–H groups in total. The quantitative estimate of drug-likeness (QED) is 0.495. The zero-order chi connectivity index (χ0) is 23.5. The van der Waals surface area contributed by atoms with Crippen molar-refractivity contribution in [3.8, 4) is 0 Å². The Morgan fingerprint density at radius 1 is 1.09 bits per heavy atom. The van der Waals surface area contributed by atoms with E-state index in [4.69, 9.17) is 4.74 Å². The van der Waals surface area contributed by atoms with Gasteiger partial charge in [0, 0.05) is 37.7 Å². The van der Waals surface area contributed by atoms with E-state index in [1.165, 1.54) is 16.2 Å². The molecule has 0 bridgehead atoms. The number of benzene rings is 1. The third-order valence-corrected chi connectivity index (χ3v) is 5.31. The summed E-state index contributed by atoms with van der Waals surface area (Å²) in [6.45, 7) is 3.73. The van der Waals surface area contributed by atoms with Crippen molar-refractivity contribution in [2.24, 2.45) is 0 Å².